The van der Waals surface area contributed by atoms with E-state index in [1.54, 1.807) is 48.5 Å². The molecule has 0 aliphatic carbocycles. The predicted molar refractivity (Wildman–Crippen MR) is 147 cm³/mol. The first-order valence-corrected chi connectivity index (χ1v) is 13.1. The van der Waals surface area contributed by atoms with Gasteiger partial charge in [0.25, 0.3) is 15.6 Å². The molecule has 5 aromatic rings. The molecular formula is C28H19ClFN3O4S. The molecule has 1 heterocycles. The Kier molecular flexibility index (Phi) is 6.71. The van der Waals surface area contributed by atoms with E-state index in [9.17, 15) is 22.7 Å². The van der Waals surface area contributed by atoms with E-state index in [0.717, 1.165) is 10.6 Å². The highest BCUT2D eigenvalue weighted by Crippen LogP contribution is 2.28. The van der Waals surface area contributed by atoms with Gasteiger partial charge >= 0.3 is 0 Å². The van der Waals surface area contributed by atoms with Crippen LogP contribution >= 0.6 is 11.6 Å². The number of nitrogens with one attached hydrogen (secondary N) is 1. The average Bonchev–Trinajstić information content (AvgIpc) is 2.91. The fourth-order valence-corrected chi connectivity index (χ4v) is 5.17. The van der Waals surface area contributed by atoms with Crippen molar-refractivity contribution in [3.05, 3.63) is 124 Å². The molecule has 0 aliphatic heterocycles. The number of benzene rings is 4. The minimum absolute atomic E-state index is 0.0933. The fraction of sp³-hybridized carbons (Fsp3) is 0. The standard InChI is InChI=1S/C28H19ClFN3O4S/c29-18-12-14-19(15-13-18)31-17-24-22-8-1-2-9-23(22)27(34)33(28(24)35)20-6-5-7-21(16-20)38(36,37)32-26-11-4-3-10-25(26)30/h1-17,32,35H. The molecule has 0 fully saturated rings. The fourth-order valence-electron chi connectivity index (χ4n) is 3.93. The van der Waals surface area contributed by atoms with Gasteiger partial charge in [-0.25, -0.2) is 17.4 Å². The summed E-state index contributed by atoms with van der Waals surface area (Å²) in [7, 11) is -4.22. The number of rotatable bonds is 6. The third kappa shape index (κ3) is 4.89. The smallest absolute Gasteiger partial charge is 0.265 e. The highest BCUT2D eigenvalue weighted by atomic mass is 35.5. The average molecular weight is 548 g/mol. The predicted octanol–water partition coefficient (Wildman–Crippen LogP) is 6.04. The molecule has 0 spiro atoms. The summed E-state index contributed by atoms with van der Waals surface area (Å²) in [6.45, 7) is 0. The number of para-hydroxylation sites is 1. The monoisotopic (exact) mass is 547 g/mol. The maximum Gasteiger partial charge on any atom is 0.265 e. The topological polar surface area (TPSA) is 101 Å². The van der Waals surface area contributed by atoms with Gasteiger partial charge in [-0.1, -0.05) is 48.0 Å². The molecule has 7 nitrogen and oxygen atoms in total. The van der Waals surface area contributed by atoms with Gasteiger partial charge < -0.3 is 5.11 Å². The van der Waals surface area contributed by atoms with E-state index in [4.69, 9.17) is 11.6 Å². The Bertz CT molecular complexity index is 1870. The van der Waals surface area contributed by atoms with Crippen molar-refractivity contribution in [1.82, 2.24) is 4.57 Å². The maximum atomic E-state index is 14.1. The number of hydrogen-bond donors (Lipinski definition) is 2. The summed E-state index contributed by atoms with van der Waals surface area (Å²) >= 11 is 5.94. The number of fused-ring (bicyclic) bond motifs is 1. The third-order valence-corrected chi connectivity index (χ3v) is 7.39. The van der Waals surface area contributed by atoms with Gasteiger partial charge in [0.05, 0.1) is 27.5 Å². The Hall–Kier alpha value is -4.47. The first-order valence-electron chi connectivity index (χ1n) is 11.3. The molecule has 0 radical (unpaired) electrons. The van der Waals surface area contributed by atoms with Crippen molar-refractivity contribution in [2.45, 2.75) is 4.90 Å². The van der Waals surface area contributed by atoms with Crippen LogP contribution in [0.2, 0.25) is 5.02 Å². The number of hydrogen-bond acceptors (Lipinski definition) is 5. The van der Waals surface area contributed by atoms with Gasteiger partial charge in [0.2, 0.25) is 5.88 Å². The molecular weight excluding hydrogens is 529 g/mol. The second kappa shape index (κ2) is 10.1. The molecule has 0 unspecified atom stereocenters. The zero-order valence-electron chi connectivity index (χ0n) is 19.5. The number of anilines is 1. The van der Waals surface area contributed by atoms with Crippen molar-refractivity contribution < 1.29 is 17.9 Å². The van der Waals surface area contributed by atoms with Gasteiger partial charge in [0.1, 0.15) is 5.82 Å². The normalized spacial score (nSPS) is 11.7. The number of aromatic hydroxyl groups is 1. The van der Waals surface area contributed by atoms with Crippen LogP contribution in [0.1, 0.15) is 5.56 Å². The number of pyridine rings is 1. The van der Waals surface area contributed by atoms with Crippen LogP contribution in [0.3, 0.4) is 0 Å². The highest BCUT2D eigenvalue weighted by molar-refractivity contribution is 7.92. The lowest BCUT2D eigenvalue weighted by Crippen LogP contribution is -2.21. The van der Waals surface area contributed by atoms with Crippen molar-refractivity contribution >= 4 is 50.0 Å². The molecule has 1 aromatic heterocycles. The summed E-state index contributed by atoms with van der Waals surface area (Å²) in [4.78, 5) is 17.6. The molecule has 5 rings (SSSR count). The molecule has 0 amide bonds. The van der Waals surface area contributed by atoms with Crippen molar-refractivity contribution in [3.63, 3.8) is 0 Å². The zero-order valence-corrected chi connectivity index (χ0v) is 21.1. The van der Waals surface area contributed by atoms with Gasteiger partial charge in [-0.15, -0.1) is 0 Å². The molecule has 0 saturated carbocycles. The van der Waals surface area contributed by atoms with Crippen molar-refractivity contribution in [1.29, 1.82) is 0 Å². The summed E-state index contributed by atoms with van der Waals surface area (Å²) in [6.07, 6.45) is 1.43. The zero-order chi connectivity index (χ0) is 26.9. The SMILES string of the molecule is O=c1c2ccccc2c(C=Nc2ccc(Cl)cc2)c(O)n1-c1cccc(S(=O)(=O)Nc2ccccc2F)c1. The summed E-state index contributed by atoms with van der Waals surface area (Å²) in [5.41, 5.74) is 0.148. The number of halogens is 2. The van der Waals surface area contributed by atoms with Crippen LogP contribution in [0.25, 0.3) is 16.5 Å². The summed E-state index contributed by atoms with van der Waals surface area (Å²) in [5, 5.41) is 12.5. The molecule has 10 heteroatoms. The van der Waals surface area contributed by atoms with E-state index in [1.165, 1.54) is 48.7 Å². The Labute approximate surface area is 222 Å². The minimum atomic E-state index is -4.22. The molecule has 190 valence electrons. The lowest BCUT2D eigenvalue weighted by molar-refractivity contribution is 0.436. The summed E-state index contributed by atoms with van der Waals surface area (Å²) < 4.78 is 43.3. The van der Waals surface area contributed by atoms with Crippen LogP contribution in [0.15, 0.2) is 112 Å². The number of aromatic nitrogens is 1. The van der Waals surface area contributed by atoms with Gasteiger partial charge in [-0.05, 0) is 60.7 Å². The minimum Gasteiger partial charge on any atom is -0.494 e. The second-order valence-electron chi connectivity index (χ2n) is 8.24. The van der Waals surface area contributed by atoms with Gasteiger partial charge in [-0.2, -0.15) is 0 Å². The second-order valence-corrected chi connectivity index (χ2v) is 10.4. The largest absolute Gasteiger partial charge is 0.494 e. The van der Waals surface area contributed by atoms with E-state index in [2.05, 4.69) is 9.71 Å². The summed E-state index contributed by atoms with van der Waals surface area (Å²) in [5.74, 6) is -1.16. The van der Waals surface area contributed by atoms with Crippen LogP contribution in [0.4, 0.5) is 15.8 Å². The van der Waals surface area contributed by atoms with E-state index in [0.29, 0.717) is 21.5 Å². The van der Waals surface area contributed by atoms with Crippen molar-refractivity contribution in [3.8, 4) is 11.6 Å². The lowest BCUT2D eigenvalue weighted by atomic mass is 10.1. The van der Waals surface area contributed by atoms with Crippen molar-refractivity contribution in [2.75, 3.05) is 4.72 Å². The summed E-state index contributed by atoms with van der Waals surface area (Å²) in [6, 6.07) is 24.3. The van der Waals surface area contributed by atoms with E-state index in [1.807, 2.05) is 0 Å². The van der Waals surface area contributed by atoms with Crippen LogP contribution < -0.4 is 10.3 Å². The maximum absolute atomic E-state index is 14.1. The number of nitrogens with zero attached hydrogens (tertiary/aromatic N) is 2. The molecule has 4 aromatic carbocycles. The number of aliphatic imine (C=N–C) groups is 1. The van der Waals surface area contributed by atoms with E-state index < -0.39 is 27.3 Å². The Balaban J connectivity index is 1.64. The Morgan fingerprint density at radius 1 is 0.895 bits per heavy atom. The molecule has 0 atom stereocenters. The first kappa shape index (κ1) is 25.2. The number of sulfonamides is 1. The van der Waals surface area contributed by atoms with Crippen LogP contribution in [-0.2, 0) is 10.0 Å². The lowest BCUT2D eigenvalue weighted by Gasteiger charge is -2.15. The molecule has 0 aliphatic rings. The van der Waals surface area contributed by atoms with Crippen molar-refractivity contribution in [2.24, 2.45) is 4.99 Å². The van der Waals surface area contributed by atoms with Crippen LogP contribution in [0.5, 0.6) is 5.88 Å². The molecule has 0 bridgehead atoms. The molecule has 38 heavy (non-hydrogen) atoms. The highest BCUT2D eigenvalue weighted by Gasteiger charge is 2.20. The van der Waals surface area contributed by atoms with Gasteiger partial charge in [-0.3, -0.25) is 14.5 Å². The molecule has 2 N–H and O–H groups in total. The van der Waals surface area contributed by atoms with Crippen LogP contribution in [-0.4, -0.2) is 24.3 Å². The third-order valence-electron chi connectivity index (χ3n) is 5.78. The quantitative estimate of drug-likeness (QED) is 0.253. The first-order chi connectivity index (χ1) is 18.2. The van der Waals surface area contributed by atoms with Gasteiger partial charge in [0.15, 0.2) is 0 Å². The molecule has 0 saturated heterocycles. The van der Waals surface area contributed by atoms with Crippen LogP contribution in [0, 0.1) is 5.82 Å². The van der Waals surface area contributed by atoms with E-state index in [-0.39, 0.29) is 21.8 Å². The van der Waals surface area contributed by atoms with Gasteiger partial charge in [0, 0.05) is 22.0 Å². The van der Waals surface area contributed by atoms with E-state index >= 15 is 0 Å². The Morgan fingerprint density at radius 3 is 2.32 bits per heavy atom. The Morgan fingerprint density at radius 2 is 1.58 bits per heavy atom.